The molecule has 0 spiro atoms. The monoisotopic (exact) mass is 411 g/mol. The summed E-state index contributed by atoms with van der Waals surface area (Å²) < 4.78 is 8.05. The highest BCUT2D eigenvalue weighted by Crippen LogP contribution is 2.36. The highest BCUT2D eigenvalue weighted by molar-refractivity contribution is 9.10. The third kappa shape index (κ3) is 3.67. The molecule has 6 nitrogen and oxygen atoms in total. The Morgan fingerprint density at radius 1 is 1.35 bits per heavy atom. The molecule has 3 rings (SSSR count). The fourth-order valence-electron chi connectivity index (χ4n) is 1.87. The van der Waals surface area contributed by atoms with Crippen molar-refractivity contribution in [3.05, 3.63) is 34.0 Å². The molecular weight excluding hydrogens is 398 g/mol. The lowest BCUT2D eigenvalue weighted by Crippen LogP contribution is -1.98. The smallest absolute Gasteiger partial charge is 0.214 e. The number of ether oxygens (including phenoxy) is 1. The van der Waals surface area contributed by atoms with Crippen molar-refractivity contribution in [1.82, 2.24) is 19.5 Å². The lowest BCUT2D eigenvalue weighted by Gasteiger charge is -2.09. The van der Waals surface area contributed by atoms with Crippen molar-refractivity contribution < 1.29 is 4.74 Å². The Balaban J connectivity index is 1.91. The van der Waals surface area contributed by atoms with Crippen LogP contribution in [0.1, 0.15) is 5.69 Å². The Labute approximate surface area is 150 Å². The van der Waals surface area contributed by atoms with E-state index in [4.69, 9.17) is 4.74 Å². The van der Waals surface area contributed by atoms with Crippen LogP contribution in [0.25, 0.3) is 0 Å². The van der Waals surface area contributed by atoms with E-state index in [2.05, 4.69) is 36.2 Å². The van der Waals surface area contributed by atoms with E-state index in [0.717, 1.165) is 31.2 Å². The highest BCUT2D eigenvalue weighted by Gasteiger charge is 2.14. The van der Waals surface area contributed by atoms with E-state index < -0.39 is 0 Å². The van der Waals surface area contributed by atoms with Crippen LogP contribution in [0, 0.1) is 6.92 Å². The number of aromatic nitrogens is 4. The molecule has 0 unspecified atom stereocenters. The number of rotatable bonds is 5. The van der Waals surface area contributed by atoms with Gasteiger partial charge >= 0.3 is 0 Å². The molecule has 0 atom stereocenters. The van der Waals surface area contributed by atoms with E-state index in [1.807, 2.05) is 30.0 Å². The van der Waals surface area contributed by atoms with Gasteiger partial charge in [0, 0.05) is 23.1 Å². The van der Waals surface area contributed by atoms with E-state index >= 15 is 0 Å². The molecule has 0 aliphatic carbocycles. The first-order valence-corrected chi connectivity index (χ1v) is 9.14. The number of imidazole rings is 1. The van der Waals surface area contributed by atoms with E-state index in [0.29, 0.717) is 5.88 Å². The summed E-state index contributed by atoms with van der Waals surface area (Å²) >= 11 is 6.53. The minimum atomic E-state index is 0.709. The van der Waals surface area contributed by atoms with Crippen molar-refractivity contribution in [2.24, 2.45) is 7.05 Å². The first-order valence-electron chi connectivity index (χ1n) is 6.65. The lowest BCUT2D eigenvalue weighted by atomic mass is 10.4. The van der Waals surface area contributed by atoms with Gasteiger partial charge in [0.05, 0.1) is 23.9 Å². The molecule has 0 aromatic carbocycles. The predicted octanol–water partition coefficient (Wildman–Crippen LogP) is 4.25. The van der Waals surface area contributed by atoms with Crippen molar-refractivity contribution in [3.8, 4) is 5.88 Å². The van der Waals surface area contributed by atoms with Gasteiger partial charge < -0.3 is 10.1 Å². The zero-order chi connectivity index (χ0) is 16.4. The van der Waals surface area contributed by atoms with E-state index in [-0.39, 0.29) is 0 Å². The number of thiazole rings is 1. The molecule has 120 valence electrons. The Morgan fingerprint density at radius 2 is 2.17 bits per heavy atom. The first-order chi connectivity index (χ1) is 11.1. The van der Waals surface area contributed by atoms with Gasteiger partial charge in [0.1, 0.15) is 5.82 Å². The van der Waals surface area contributed by atoms with Gasteiger partial charge in [-0.15, -0.1) is 11.3 Å². The van der Waals surface area contributed by atoms with Crippen molar-refractivity contribution in [2.75, 3.05) is 12.4 Å². The number of halogens is 1. The summed E-state index contributed by atoms with van der Waals surface area (Å²) in [6.45, 7) is 1.96. The largest absolute Gasteiger partial charge is 0.481 e. The quantitative estimate of drug-likeness (QED) is 0.676. The van der Waals surface area contributed by atoms with E-state index in [9.17, 15) is 0 Å². The number of nitrogens with one attached hydrogen (secondary N) is 1. The maximum atomic E-state index is 5.25. The molecule has 0 amide bonds. The number of nitrogens with zero attached hydrogens (tertiary/aromatic N) is 4. The number of pyridine rings is 1. The van der Waals surface area contributed by atoms with Crippen LogP contribution in [0.4, 0.5) is 10.9 Å². The highest BCUT2D eigenvalue weighted by atomic mass is 79.9. The van der Waals surface area contributed by atoms with Crippen molar-refractivity contribution >= 4 is 50.0 Å². The summed E-state index contributed by atoms with van der Waals surface area (Å²) in [6, 6.07) is 2.00. The van der Waals surface area contributed by atoms with Crippen LogP contribution >= 0.6 is 39.0 Å². The van der Waals surface area contributed by atoms with Crippen LogP contribution in [0.3, 0.4) is 0 Å². The molecule has 0 aliphatic rings. The third-order valence-electron chi connectivity index (χ3n) is 2.98. The van der Waals surface area contributed by atoms with Gasteiger partial charge in [-0.05, 0) is 40.7 Å². The van der Waals surface area contributed by atoms with Gasteiger partial charge in [-0.2, -0.15) is 0 Å². The Kier molecular flexibility index (Phi) is 4.88. The lowest BCUT2D eigenvalue weighted by molar-refractivity contribution is 0.377. The minimum absolute atomic E-state index is 0.709. The number of hydrogen-bond acceptors (Lipinski definition) is 7. The van der Waals surface area contributed by atoms with Crippen LogP contribution in [0.5, 0.6) is 5.88 Å². The molecular formula is C14H14BrN5OS2. The average Bonchev–Trinajstić information content (AvgIpc) is 3.08. The number of hydrogen-bond donors (Lipinski definition) is 1. The SMILES string of the molecule is COc1cnc(Sc2cc(Br)cnc2Nc2nc(C)cs2)n1C. The fraction of sp³-hybridized carbons (Fsp3) is 0.214. The molecule has 0 saturated carbocycles. The van der Waals surface area contributed by atoms with Crippen molar-refractivity contribution in [3.63, 3.8) is 0 Å². The Morgan fingerprint density at radius 3 is 2.83 bits per heavy atom. The molecule has 0 fully saturated rings. The average molecular weight is 412 g/mol. The summed E-state index contributed by atoms with van der Waals surface area (Å²) in [6.07, 6.45) is 3.46. The summed E-state index contributed by atoms with van der Waals surface area (Å²) in [5.74, 6) is 1.45. The van der Waals surface area contributed by atoms with Gasteiger partial charge in [-0.1, -0.05) is 0 Å². The van der Waals surface area contributed by atoms with E-state index in [1.54, 1.807) is 30.8 Å². The molecule has 3 aromatic heterocycles. The summed E-state index contributed by atoms with van der Waals surface area (Å²) in [5, 5.41) is 6.90. The second-order valence-electron chi connectivity index (χ2n) is 4.66. The molecule has 9 heteroatoms. The first kappa shape index (κ1) is 16.3. The second kappa shape index (κ2) is 6.90. The maximum Gasteiger partial charge on any atom is 0.214 e. The van der Waals surface area contributed by atoms with Crippen LogP contribution in [-0.4, -0.2) is 26.6 Å². The molecule has 23 heavy (non-hydrogen) atoms. The molecule has 0 saturated heterocycles. The van der Waals surface area contributed by atoms with E-state index in [1.165, 1.54) is 11.8 Å². The molecule has 0 radical (unpaired) electrons. The van der Waals surface area contributed by atoms with Crippen molar-refractivity contribution in [2.45, 2.75) is 17.0 Å². The minimum Gasteiger partial charge on any atom is -0.481 e. The van der Waals surface area contributed by atoms with Crippen LogP contribution < -0.4 is 10.1 Å². The zero-order valence-electron chi connectivity index (χ0n) is 12.7. The molecule has 0 bridgehead atoms. The second-order valence-corrected chi connectivity index (χ2v) is 7.45. The van der Waals surface area contributed by atoms with Gasteiger partial charge in [0.25, 0.3) is 0 Å². The van der Waals surface area contributed by atoms with Crippen LogP contribution in [0.15, 0.2) is 38.4 Å². The number of aryl methyl sites for hydroxylation is 1. The normalized spacial score (nSPS) is 10.8. The Hall–Kier alpha value is -1.58. The fourth-order valence-corrected chi connectivity index (χ4v) is 3.95. The zero-order valence-corrected chi connectivity index (χ0v) is 15.9. The third-order valence-corrected chi connectivity index (χ3v) is 5.38. The predicted molar refractivity (Wildman–Crippen MR) is 96.0 cm³/mol. The van der Waals surface area contributed by atoms with Gasteiger partial charge in [-0.25, -0.2) is 15.0 Å². The standard InChI is InChI=1S/C14H14BrN5OS2/c1-8-7-22-13(18-8)19-12-10(4-9(15)5-16-12)23-14-17-6-11(21-3)20(14)2/h4-7H,1-3H3,(H,16,18,19). The molecule has 0 aliphatic heterocycles. The Bertz CT molecular complexity index is 832. The van der Waals surface area contributed by atoms with Crippen LogP contribution in [0.2, 0.25) is 0 Å². The summed E-state index contributed by atoms with van der Waals surface area (Å²) in [4.78, 5) is 14.2. The van der Waals surface area contributed by atoms with Crippen molar-refractivity contribution in [1.29, 1.82) is 0 Å². The molecule has 1 N–H and O–H groups in total. The topological polar surface area (TPSA) is 64.9 Å². The van der Waals surface area contributed by atoms with Crippen LogP contribution in [-0.2, 0) is 7.05 Å². The number of anilines is 2. The summed E-state index contributed by atoms with van der Waals surface area (Å²) in [7, 11) is 3.54. The molecule has 3 heterocycles. The summed E-state index contributed by atoms with van der Waals surface area (Å²) in [5.41, 5.74) is 0.984. The van der Waals surface area contributed by atoms with Gasteiger partial charge in [0.15, 0.2) is 10.3 Å². The van der Waals surface area contributed by atoms with Gasteiger partial charge in [0.2, 0.25) is 5.88 Å². The van der Waals surface area contributed by atoms with Gasteiger partial charge in [-0.3, -0.25) is 4.57 Å². The maximum absolute atomic E-state index is 5.25. The molecule has 3 aromatic rings. The number of methoxy groups -OCH3 is 1.